The first-order valence-electron chi connectivity index (χ1n) is 1.71. The van der Waals surface area contributed by atoms with Crippen LogP contribution in [-0.2, 0) is 39.6 Å². The fraction of sp³-hybridized carbons (Fsp3) is 0.400. The third-order valence-electron chi connectivity index (χ3n) is 0. The van der Waals surface area contributed by atoms with Crippen molar-refractivity contribution in [2.75, 3.05) is 0 Å². The predicted molar refractivity (Wildman–Crippen MR) is 26.4 cm³/mol. The molecule has 0 heterocycles. The Bertz CT molecular complexity index is 8.04. The van der Waals surface area contributed by atoms with Gasteiger partial charge in [0, 0.05) is 18.6 Å². The summed E-state index contributed by atoms with van der Waals surface area (Å²) in [5.41, 5.74) is 0. The summed E-state index contributed by atoms with van der Waals surface area (Å²) in [5, 5.41) is 0. The van der Waals surface area contributed by atoms with Gasteiger partial charge in [-0.25, -0.2) is 0 Å². The van der Waals surface area contributed by atoms with Crippen molar-refractivity contribution < 1.29 is 39.6 Å². The van der Waals surface area contributed by atoms with Crippen LogP contribution < -0.4 is 0 Å². The zero-order valence-electron chi connectivity index (χ0n) is 4.68. The van der Waals surface area contributed by atoms with E-state index < -0.39 is 0 Å². The summed E-state index contributed by atoms with van der Waals surface area (Å²) in [6, 6.07) is 0. The molecule has 0 saturated heterocycles. The van der Waals surface area contributed by atoms with Crippen molar-refractivity contribution >= 4 is 0 Å². The van der Waals surface area contributed by atoms with Crippen LogP contribution in [0.25, 0.3) is 0 Å². The summed E-state index contributed by atoms with van der Waals surface area (Å²) >= 11 is 0. The van der Waals surface area contributed by atoms with Crippen LogP contribution in [0.2, 0.25) is 0 Å². The van der Waals surface area contributed by atoms with Crippen molar-refractivity contribution in [1.29, 1.82) is 0 Å². The molecule has 0 spiro atoms. The average molecular weight is 306 g/mol. The second-order valence-electron chi connectivity index (χ2n) is 0.354. The average Bonchev–Trinajstić information content (AvgIpc) is 1.46. The van der Waals surface area contributed by atoms with Crippen LogP contribution in [0.4, 0.5) is 0 Å². The monoisotopic (exact) mass is 306 g/mol. The quantitative estimate of drug-likeness (QED) is 0.600. The van der Waals surface area contributed by atoms with E-state index in [9.17, 15) is 0 Å². The zero-order valence-corrected chi connectivity index (χ0v) is 9.01. The molecular formula is C5H11VW-. The standard InChI is InChI=1S/C3H6.C2H5.V.W/c1-3-2;1-2;;/h1-3H2;1H2,2H3;;/q-2;-1;;+2. The van der Waals surface area contributed by atoms with E-state index in [4.69, 9.17) is 0 Å². The third-order valence-corrected chi connectivity index (χ3v) is 0. The van der Waals surface area contributed by atoms with Gasteiger partial charge in [-0.3, -0.25) is 0 Å². The minimum absolute atomic E-state index is 0. The minimum Gasteiger partial charge on any atom is -0.372 e. The molecule has 0 aliphatic heterocycles. The van der Waals surface area contributed by atoms with Gasteiger partial charge in [0.15, 0.2) is 0 Å². The van der Waals surface area contributed by atoms with Crippen LogP contribution in [0.5, 0.6) is 0 Å². The molecule has 0 unspecified atom stereocenters. The molecule has 0 saturated carbocycles. The van der Waals surface area contributed by atoms with Crippen LogP contribution in [-0.4, -0.2) is 0 Å². The maximum Gasteiger partial charge on any atom is 2.00 e. The van der Waals surface area contributed by atoms with E-state index in [1.54, 1.807) is 6.92 Å². The minimum atomic E-state index is 0. The summed E-state index contributed by atoms with van der Waals surface area (Å²) in [6.45, 7) is 11.8. The van der Waals surface area contributed by atoms with Crippen molar-refractivity contribution in [3.05, 3.63) is 20.8 Å². The SMILES string of the molecule is [CH2-]C.[CH2-]C[CH2-].[V].[W+2]. The van der Waals surface area contributed by atoms with Gasteiger partial charge in [-0.2, -0.15) is 6.92 Å². The first-order valence-corrected chi connectivity index (χ1v) is 1.71. The van der Waals surface area contributed by atoms with Crippen molar-refractivity contribution in [3.63, 3.8) is 0 Å². The van der Waals surface area contributed by atoms with Crippen LogP contribution in [0.1, 0.15) is 13.3 Å². The van der Waals surface area contributed by atoms with Crippen LogP contribution in [0.15, 0.2) is 0 Å². The van der Waals surface area contributed by atoms with Gasteiger partial charge in [-0.05, 0) is 0 Å². The topological polar surface area (TPSA) is 0 Å². The van der Waals surface area contributed by atoms with Crippen LogP contribution in [0, 0.1) is 20.8 Å². The van der Waals surface area contributed by atoms with Gasteiger partial charge in [-0.1, -0.05) is 0 Å². The van der Waals surface area contributed by atoms with Crippen LogP contribution >= 0.6 is 0 Å². The van der Waals surface area contributed by atoms with E-state index in [0.29, 0.717) is 0 Å². The van der Waals surface area contributed by atoms with E-state index in [0.717, 1.165) is 6.42 Å². The van der Waals surface area contributed by atoms with Gasteiger partial charge >= 0.3 is 21.1 Å². The third kappa shape index (κ3) is 125. The molecule has 7 heavy (non-hydrogen) atoms. The van der Waals surface area contributed by atoms with Gasteiger partial charge < -0.3 is 27.2 Å². The van der Waals surface area contributed by atoms with E-state index >= 15 is 0 Å². The van der Waals surface area contributed by atoms with Gasteiger partial charge in [-0.15, -0.1) is 0 Å². The molecule has 0 nitrogen and oxygen atoms in total. The molecule has 43 valence electrons. The maximum atomic E-state index is 3.38. The van der Waals surface area contributed by atoms with E-state index in [1.807, 2.05) is 0 Å². The molecule has 0 amide bonds. The second kappa shape index (κ2) is 55.4. The maximum absolute atomic E-state index is 3.38. The number of hydrogen-bond donors (Lipinski definition) is 0. The molecule has 0 atom stereocenters. The molecule has 0 aliphatic rings. The first-order chi connectivity index (χ1) is 2.41. The molecule has 0 bridgehead atoms. The summed E-state index contributed by atoms with van der Waals surface area (Å²) in [7, 11) is 0. The summed E-state index contributed by atoms with van der Waals surface area (Å²) in [6.07, 6.45) is 0.750. The molecule has 0 aliphatic carbocycles. The summed E-state index contributed by atoms with van der Waals surface area (Å²) < 4.78 is 0. The Labute approximate surface area is 73.6 Å². The Morgan fingerprint density at radius 1 is 1.14 bits per heavy atom. The zero-order chi connectivity index (χ0) is 4.71. The molecule has 0 rings (SSSR count). The van der Waals surface area contributed by atoms with Crippen molar-refractivity contribution in [3.8, 4) is 0 Å². The van der Waals surface area contributed by atoms with Crippen molar-refractivity contribution in [1.82, 2.24) is 0 Å². The first kappa shape index (κ1) is 24.0. The van der Waals surface area contributed by atoms with Crippen molar-refractivity contribution in [2.24, 2.45) is 0 Å². The van der Waals surface area contributed by atoms with Gasteiger partial charge in [0.1, 0.15) is 0 Å². The fourth-order valence-electron chi connectivity index (χ4n) is 0. The summed E-state index contributed by atoms with van der Waals surface area (Å²) in [4.78, 5) is 0. The molecule has 0 aromatic heterocycles. The number of hydrogen-bond acceptors (Lipinski definition) is 0. The van der Waals surface area contributed by atoms with E-state index in [-0.39, 0.29) is 39.6 Å². The normalized spacial score (nSPS) is 3.43. The van der Waals surface area contributed by atoms with E-state index in [1.165, 1.54) is 0 Å². The molecular weight excluding hydrogens is 295 g/mol. The molecule has 1 radical (unpaired) electrons. The van der Waals surface area contributed by atoms with Gasteiger partial charge in [0.2, 0.25) is 0 Å². The second-order valence-corrected chi connectivity index (χ2v) is 0.354. The molecule has 0 aromatic rings. The Kier molecular flexibility index (Phi) is 190. The molecule has 0 N–H and O–H groups in total. The molecule has 2 heteroatoms. The Hall–Kier alpha value is 1.27. The fourth-order valence-corrected chi connectivity index (χ4v) is 0. The van der Waals surface area contributed by atoms with Crippen molar-refractivity contribution in [2.45, 2.75) is 13.3 Å². The smallest absolute Gasteiger partial charge is 0.372 e. The Balaban J connectivity index is -0.0000000105. The predicted octanol–water partition coefficient (Wildman–Crippen LogP) is 1.88. The number of rotatable bonds is 0. The largest absolute Gasteiger partial charge is 2.00 e. The van der Waals surface area contributed by atoms with Gasteiger partial charge in [0.25, 0.3) is 0 Å². The molecule has 0 fully saturated rings. The summed E-state index contributed by atoms with van der Waals surface area (Å²) in [5.74, 6) is 0. The Morgan fingerprint density at radius 2 is 1.14 bits per heavy atom. The molecule has 0 aromatic carbocycles. The Morgan fingerprint density at radius 3 is 1.14 bits per heavy atom. The van der Waals surface area contributed by atoms with E-state index in [2.05, 4.69) is 20.8 Å². The van der Waals surface area contributed by atoms with Crippen LogP contribution in [0.3, 0.4) is 0 Å². The van der Waals surface area contributed by atoms with Gasteiger partial charge in [0.05, 0.1) is 0 Å².